The molecule has 0 aliphatic carbocycles. The Morgan fingerprint density at radius 2 is 1.72 bits per heavy atom. The van der Waals surface area contributed by atoms with Crippen molar-refractivity contribution in [2.75, 3.05) is 20.3 Å². The smallest absolute Gasteiger partial charge is 0.374 e. The second kappa shape index (κ2) is 10.3. The molecule has 32 heavy (non-hydrogen) atoms. The van der Waals surface area contributed by atoms with Gasteiger partial charge in [-0.1, -0.05) is 12.1 Å². The highest BCUT2D eigenvalue weighted by molar-refractivity contribution is 5.89. The van der Waals surface area contributed by atoms with Crippen molar-refractivity contribution in [3.05, 3.63) is 82.1 Å². The van der Waals surface area contributed by atoms with E-state index in [1.54, 1.807) is 13.1 Å². The summed E-state index contributed by atoms with van der Waals surface area (Å²) >= 11 is 0. The van der Waals surface area contributed by atoms with E-state index in [4.69, 9.17) is 13.9 Å². The molecule has 1 aromatic heterocycles. The van der Waals surface area contributed by atoms with Gasteiger partial charge in [-0.25, -0.2) is 4.79 Å². The normalized spacial score (nSPS) is 10.4. The highest BCUT2D eigenvalue weighted by atomic mass is 16.6. The van der Waals surface area contributed by atoms with Crippen LogP contribution in [0, 0.1) is 10.1 Å². The lowest BCUT2D eigenvalue weighted by molar-refractivity contribution is -0.384. The summed E-state index contributed by atoms with van der Waals surface area (Å²) in [6.45, 7) is 2.41. The Morgan fingerprint density at radius 3 is 2.34 bits per heavy atom. The monoisotopic (exact) mass is 438 g/mol. The Balaban J connectivity index is 1.52. The third-order valence-electron chi connectivity index (χ3n) is 4.58. The molecule has 0 spiro atoms. The molecule has 9 nitrogen and oxygen atoms in total. The minimum Gasteiger partial charge on any atom is -0.494 e. The lowest BCUT2D eigenvalue weighted by Gasteiger charge is -2.17. The number of rotatable bonds is 9. The first kappa shape index (κ1) is 22.5. The van der Waals surface area contributed by atoms with E-state index in [2.05, 4.69) is 0 Å². The number of amides is 1. The van der Waals surface area contributed by atoms with E-state index < -0.39 is 17.5 Å². The summed E-state index contributed by atoms with van der Waals surface area (Å²) in [5, 5.41) is 10.7. The van der Waals surface area contributed by atoms with Gasteiger partial charge in [0.2, 0.25) is 5.76 Å². The predicted molar refractivity (Wildman–Crippen MR) is 115 cm³/mol. The summed E-state index contributed by atoms with van der Waals surface area (Å²) in [4.78, 5) is 36.2. The molecule has 3 rings (SSSR count). The molecular formula is C23H22N2O7. The summed E-state index contributed by atoms with van der Waals surface area (Å²) in [6.07, 6.45) is 0. The fraction of sp³-hybridized carbons (Fsp3) is 0.217. The van der Waals surface area contributed by atoms with E-state index in [-0.39, 0.29) is 17.4 Å². The molecule has 0 N–H and O–H groups in total. The highest BCUT2D eigenvalue weighted by Crippen LogP contribution is 2.25. The zero-order chi connectivity index (χ0) is 23.1. The van der Waals surface area contributed by atoms with Gasteiger partial charge in [0.15, 0.2) is 6.61 Å². The van der Waals surface area contributed by atoms with Crippen LogP contribution in [0.15, 0.2) is 65.1 Å². The van der Waals surface area contributed by atoms with Crippen molar-refractivity contribution in [2.24, 2.45) is 0 Å². The molecule has 0 bridgehead atoms. The number of esters is 1. The molecule has 166 valence electrons. The molecule has 1 heterocycles. The van der Waals surface area contributed by atoms with E-state index in [1.165, 1.54) is 35.2 Å². The minimum atomic E-state index is -0.777. The largest absolute Gasteiger partial charge is 0.494 e. The summed E-state index contributed by atoms with van der Waals surface area (Å²) in [5.41, 5.74) is 1.43. The zero-order valence-corrected chi connectivity index (χ0v) is 17.6. The van der Waals surface area contributed by atoms with Crippen LogP contribution in [0.25, 0.3) is 11.3 Å². The number of nitro benzene ring substituents is 1. The first-order valence-electron chi connectivity index (χ1n) is 9.85. The van der Waals surface area contributed by atoms with Gasteiger partial charge in [0.05, 0.1) is 11.5 Å². The molecule has 0 atom stereocenters. The second-order valence-corrected chi connectivity index (χ2v) is 6.87. The summed E-state index contributed by atoms with van der Waals surface area (Å²) < 4.78 is 15.9. The molecule has 2 aromatic carbocycles. The van der Waals surface area contributed by atoms with E-state index in [1.807, 2.05) is 31.2 Å². The molecule has 3 aromatic rings. The van der Waals surface area contributed by atoms with Crippen LogP contribution >= 0.6 is 0 Å². The Morgan fingerprint density at radius 1 is 1.03 bits per heavy atom. The number of furan rings is 1. The Bertz CT molecular complexity index is 1090. The molecule has 9 heteroatoms. The standard InChI is InChI=1S/C23H22N2O7/c1-3-30-19-10-4-16(5-11-19)14-24(2)22(26)15-31-23(27)21-13-12-20(32-21)17-6-8-18(9-7-17)25(28)29/h4-13H,3,14-15H2,1-2H3. The molecule has 0 radical (unpaired) electrons. The fourth-order valence-corrected chi connectivity index (χ4v) is 2.88. The number of benzene rings is 2. The van der Waals surface area contributed by atoms with Gasteiger partial charge in [0.1, 0.15) is 11.5 Å². The van der Waals surface area contributed by atoms with Gasteiger partial charge in [0, 0.05) is 31.3 Å². The van der Waals surface area contributed by atoms with Crippen molar-refractivity contribution in [2.45, 2.75) is 13.5 Å². The second-order valence-electron chi connectivity index (χ2n) is 6.87. The van der Waals surface area contributed by atoms with E-state index >= 15 is 0 Å². The molecule has 0 saturated heterocycles. The van der Waals surface area contributed by atoms with Crippen LogP contribution in [0.4, 0.5) is 5.69 Å². The molecule has 0 fully saturated rings. The Labute approximate surface area is 184 Å². The quantitative estimate of drug-likeness (QED) is 0.281. The van der Waals surface area contributed by atoms with Crippen LogP contribution in [0.2, 0.25) is 0 Å². The number of non-ortho nitro benzene ring substituents is 1. The third-order valence-corrected chi connectivity index (χ3v) is 4.58. The number of nitrogens with zero attached hydrogens (tertiary/aromatic N) is 2. The van der Waals surface area contributed by atoms with Crippen molar-refractivity contribution in [1.29, 1.82) is 0 Å². The van der Waals surface area contributed by atoms with Gasteiger partial charge in [-0.3, -0.25) is 14.9 Å². The highest BCUT2D eigenvalue weighted by Gasteiger charge is 2.18. The lowest BCUT2D eigenvalue weighted by atomic mass is 10.1. The fourth-order valence-electron chi connectivity index (χ4n) is 2.88. The number of hydrogen-bond donors (Lipinski definition) is 0. The average Bonchev–Trinajstić information content (AvgIpc) is 3.29. The first-order valence-corrected chi connectivity index (χ1v) is 9.85. The predicted octanol–water partition coefficient (Wildman–Crippen LogP) is 4.07. The minimum absolute atomic E-state index is 0.0483. The number of likely N-dealkylation sites (N-methyl/N-ethyl adjacent to an activating group) is 1. The van der Waals surface area contributed by atoms with E-state index in [9.17, 15) is 19.7 Å². The summed E-state index contributed by atoms with van der Waals surface area (Å²) in [6, 6.07) is 16.1. The van der Waals surface area contributed by atoms with Gasteiger partial charge in [-0.15, -0.1) is 0 Å². The van der Waals surface area contributed by atoms with Crippen molar-refractivity contribution < 1.29 is 28.4 Å². The summed E-state index contributed by atoms with van der Waals surface area (Å²) in [5.74, 6) is -0.104. The van der Waals surface area contributed by atoms with E-state index in [0.717, 1.165) is 11.3 Å². The third kappa shape index (κ3) is 5.72. The number of nitro groups is 1. The van der Waals surface area contributed by atoms with Crippen LogP contribution in [0.3, 0.4) is 0 Å². The van der Waals surface area contributed by atoms with Gasteiger partial charge < -0.3 is 18.8 Å². The van der Waals surface area contributed by atoms with E-state index in [0.29, 0.717) is 24.5 Å². The number of carbonyl (C=O) groups is 2. The number of ether oxygens (including phenoxy) is 2. The maximum absolute atomic E-state index is 12.3. The van der Waals surface area contributed by atoms with Crippen molar-refractivity contribution >= 4 is 17.6 Å². The summed E-state index contributed by atoms with van der Waals surface area (Å²) in [7, 11) is 1.62. The van der Waals surface area contributed by atoms with Gasteiger partial charge in [-0.2, -0.15) is 0 Å². The molecular weight excluding hydrogens is 416 g/mol. The Hall–Kier alpha value is -4.14. The van der Waals surface area contributed by atoms with Crippen LogP contribution < -0.4 is 4.74 Å². The zero-order valence-electron chi connectivity index (χ0n) is 17.6. The SMILES string of the molecule is CCOc1ccc(CN(C)C(=O)COC(=O)c2ccc(-c3ccc([N+](=O)[O-])cc3)o2)cc1. The van der Waals surface area contributed by atoms with Crippen molar-refractivity contribution in [3.63, 3.8) is 0 Å². The molecule has 1 amide bonds. The molecule has 0 unspecified atom stereocenters. The average molecular weight is 438 g/mol. The first-order chi connectivity index (χ1) is 15.4. The molecule has 0 saturated carbocycles. The number of carbonyl (C=O) groups excluding carboxylic acids is 2. The topological polar surface area (TPSA) is 112 Å². The van der Waals surface area contributed by atoms with Crippen LogP contribution in [0.1, 0.15) is 23.0 Å². The Kier molecular flexibility index (Phi) is 7.22. The lowest BCUT2D eigenvalue weighted by Crippen LogP contribution is -2.30. The van der Waals surface area contributed by atoms with Crippen molar-refractivity contribution in [1.82, 2.24) is 4.90 Å². The molecule has 0 aliphatic rings. The molecule has 0 aliphatic heterocycles. The van der Waals surface area contributed by atoms with Gasteiger partial charge in [-0.05, 0) is 48.9 Å². The van der Waals surface area contributed by atoms with Crippen LogP contribution in [-0.4, -0.2) is 42.0 Å². The maximum atomic E-state index is 12.3. The number of hydrogen-bond acceptors (Lipinski definition) is 7. The van der Waals surface area contributed by atoms with Gasteiger partial charge in [0.25, 0.3) is 11.6 Å². The van der Waals surface area contributed by atoms with Crippen LogP contribution in [0.5, 0.6) is 5.75 Å². The van der Waals surface area contributed by atoms with Gasteiger partial charge >= 0.3 is 5.97 Å². The van der Waals surface area contributed by atoms with Crippen LogP contribution in [-0.2, 0) is 16.1 Å². The van der Waals surface area contributed by atoms with Crippen molar-refractivity contribution in [3.8, 4) is 17.1 Å². The maximum Gasteiger partial charge on any atom is 0.374 e.